The van der Waals surface area contributed by atoms with Crippen LogP contribution >= 0.6 is 0 Å². The maximum Gasteiger partial charge on any atom is 0.341 e. The van der Waals surface area contributed by atoms with Crippen molar-refractivity contribution in [2.75, 3.05) is 6.54 Å². The van der Waals surface area contributed by atoms with Gasteiger partial charge in [0.05, 0.1) is 5.92 Å². The minimum absolute atomic E-state index is 0.0375. The number of aromatic hydroxyl groups is 1. The molecule has 0 bridgehead atoms. The second-order valence-electron chi connectivity index (χ2n) is 27.1. The van der Waals surface area contributed by atoms with Crippen LogP contribution in [0.3, 0.4) is 0 Å². The summed E-state index contributed by atoms with van der Waals surface area (Å²) in [5.41, 5.74) is 1.14. The Morgan fingerprint density at radius 2 is 1.15 bits per heavy atom. The number of carboxylic acids is 5. The molecule has 0 aromatic heterocycles. The number of allylic oxidation sites excluding steroid dienone is 1. The van der Waals surface area contributed by atoms with Gasteiger partial charge in [-0.3, -0.25) is 43.2 Å². The quantitative estimate of drug-likeness (QED) is 0.0147. The standard InChI is InChI=1S/C49H72N2O14.C22H32N4O14/c1-10-12-13-14-17-20-37(54)62-43-40-39(31(6)42(43)63-45(57)28(3)11-2)44-49(60,48(9,59)46(58)64-44)35(27-47(40,8)65-32(7)52)61-38(55)22-21-33-24-29(4)41(56)34(26-33)19-16-15-18-23-51-36(53)25-30(5)50;1-10(27)23-11(19(33)34)2-6-15(28)24-12(20(35)36)3-7-16(29)25-13(21(37)38)4-8-17(30)26-14(22(39)40)5-9-18(31)32/h11,24,26,30,35,40,42-44,56,59-60H,10,12-23,25,27,50H2,1-9H3,(H,51,53);11-14H,2-9H2,1H3,(H,23,27)(H,24,28)(H,25,29)(H,26,30)(H,31,32)(H,33,34)(H,35,36)(H,37,38)(H,39,40)/b28-11-;/t30?,35-,40-,42-,43-,44-,47-,48+,49+;/m0./s1. The van der Waals surface area contributed by atoms with E-state index < -0.39 is 206 Å². The molecule has 105 heavy (non-hydrogen) atoms. The monoisotopic (exact) mass is 1490 g/mol. The highest BCUT2D eigenvalue weighted by Gasteiger charge is 2.76. The lowest BCUT2D eigenvalue weighted by Crippen LogP contribution is -2.64. The first-order valence-corrected chi connectivity index (χ1v) is 35.0. The molecule has 1 aromatic rings. The molecule has 4 rings (SSSR count). The van der Waals surface area contributed by atoms with Crippen LogP contribution in [0.15, 0.2) is 34.9 Å². The normalized spacial score (nSPS) is 22.3. The summed E-state index contributed by atoms with van der Waals surface area (Å²) in [5.74, 6) is -15.9. The minimum Gasteiger partial charge on any atom is -0.507 e. The van der Waals surface area contributed by atoms with E-state index in [9.17, 15) is 97.5 Å². The van der Waals surface area contributed by atoms with E-state index in [2.05, 4.69) is 33.5 Å². The lowest BCUT2D eigenvalue weighted by Gasteiger charge is -2.41. The summed E-state index contributed by atoms with van der Waals surface area (Å²) < 4.78 is 30.1. The first kappa shape index (κ1) is 89.6. The molecule has 1 aromatic carbocycles. The van der Waals surface area contributed by atoms with Crippen molar-refractivity contribution in [3.05, 3.63) is 51.6 Å². The number of nitrogens with one attached hydrogen (secondary N) is 5. The van der Waals surface area contributed by atoms with E-state index in [1.54, 1.807) is 46.8 Å². The molecule has 1 aliphatic heterocycles. The summed E-state index contributed by atoms with van der Waals surface area (Å²) in [5, 5.41) is 92.1. The molecule has 5 unspecified atom stereocenters. The molecule has 34 heteroatoms. The Labute approximate surface area is 607 Å². The van der Waals surface area contributed by atoms with Crippen molar-refractivity contribution in [2.45, 2.75) is 282 Å². The van der Waals surface area contributed by atoms with Crippen molar-refractivity contribution in [1.29, 1.82) is 0 Å². The van der Waals surface area contributed by atoms with Crippen LogP contribution in [0.1, 0.15) is 207 Å². The second kappa shape index (κ2) is 41.8. The van der Waals surface area contributed by atoms with E-state index in [1.165, 1.54) is 6.92 Å². The molecule has 2 fully saturated rings. The summed E-state index contributed by atoms with van der Waals surface area (Å²) in [7, 11) is 0. The third kappa shape index (κ3) is 27.1. The number of esters is 5. The van der Waals surface area contributed by atoms with Crippen molar-refractivity contribution in [2.24, 2.45) is 11.7 Å². The summed E-state index contributed by atoms with van der Waals surface area (Å²) in [4.78, 5) is 182. The van der Waals surface area contributed by atoms with Crippen LogP contribution in [-0.2, 0) is 108 Å². The first-order valence-electron chi connectivity index (χ1n) is 35.0. The summed E-state index contributed by atoms with van der Waals surface area (Å²) >= 11 is 0. The van der Waals surface area contributed by atoms with Crippen LogP contribution in [0.5, 0.6) is 5.75 Å². The zero-order valence-electron chi connectivity index (χ0n) is 61.1. The van der Waals surface area contributed by atoms with Crippen LogP contribution in [0.2, 0.25) is 0 Å². The Morgan fingerprint density at radius 1 is 0.648 bits per heavy atom. The van der Waals surface area contributed by atoms with Crippen molar-refractivity contribution < 1.29 is 136 Å². The molecule has 1 saturated heterocycles. The smallest absolute Gasteiger partial charge is 0.341 e. The molecule has 34 nitrogen and oxygen atoms in total. The fourth-order valence-electron chi connectivity index (χ4n) is 12.6. The molecule has 13 atom stereocenters. The van der Waals surface area contributed by atoms with Crippen LogP contribution in [0.4, 0.5) is 0 Å². The number of ether oxygens (including phenoxy) is 5. The average Bonchev–Trinajstić information content (AvgIpc) is 1.53. The van der Waals surface area contributed by atoms with Gasteiger partial charge in [-0.2, -0.15) is 0 Å². The van der Waals surface area contributed by atoms with Gasteiger partial charge >= 0.3 is 59.7 Å². The van der Waals surface area contributed by atoms with Gasteiger partial charge in [0.1, 0.15) is 41.6 Å². The number of fused-ring (bicyclic) bond motifs is 3. The summed E-state index contributed by atoms with van der Waals surface area (Å²) in [6, 6.07) is -2.76. The lowest BCUT2D eigenvalue weighted by atomic mass is 9.75. The van der Waals surface area contributed by atoms with Crippen LogP contribution in [0.25, 0.3) is 0 Å². The van der Waals surface area contributed by atoms with Gasteiger partial charge in [-0.1, -0.05) is 57.2 Å². The molecular weight excluding hydrogens is 1380 g/mol. The Kier molecular flexibility index (Phi) is 35.7. The zero-order valence-corrected chi connectivity index (χ0v) is 61.1. The number of aliphatic hydroxyl groups is 2. The van der Waals surface area contributed by atoms with Crippen LogP contribution in [-0.4, -0.2) is 208 Å². The number of aryl methyl sites for hydroxylation is 3. The largest absolute Gasteiger partial charge is 0.507 e. The number of carbonyl (C=O) groups is 15. The zero-order chi connectivity index (χ0) is 79.4. The number of aliphatic carboxylic acids is 5. The minimum atomic E-state index is -2.69. The second-order valence-corrected chi connectivity index (χ2v) is 27.1. The number of benzene rings is 1. The van der Waals surface area contributed by atoms with Gasteiger partial charge in [-0.05, 0) is 134 Å². The highest BCUT2D eigenvalue weighted by Crippen LogP contribution is 2.58. The number of unbranched alkanes of at least 4 members (excludes halogenated alkanes) is 6. The van der Waals surface area contributed by atoms with Gasteiger partial charge in [0.25, 0.3) is 0 Å². The third-order valence-electron chi connectivity index (χ3n) is 18.3. The maximum absolute atomic E-state index is 13.9. The Balaban J connectivity index is 0.000000615. The van der Waals surface area contributed by atoms with Gasteiger partial charge in [-0.15, -0.1) is 0 Å². The van der Waals surface area contributed by atoms with Crippen LogP contribution < -0.4 is 32.3 Å². The van der Waals surface area contributed by atoms with Crippen LogP contribution in [0, 0.1) is 12.8 Å². The first-order chi connectivity index (χ1) is 49.0. The molecule has 1 saturated carbocycles. The Hall–Kier alpha value is -9.57. The van der Waals surface area contributed by atoms with Gasteiger partial charge in [-0.25, -0.2) is 28.8 Å². The number of hydrogen-bond donors (Lipinski definition) is 14. The number of rotatable bonds is 42. The predicted octanol–water partition coefficient (Wildman–Crippen LogP) is 2.83. The number of phenols is 1. The average molecular weight is 1490 g/mol. The molecule has 0 radical (unpaired) electrons. The van der Waals surface area contributed by atoms with E-state index in [-0.39, 0.29) is 66.5 Å². The third-order valence-corrected chi connectivity index (χ3v) is 18.3. The molecular formula is C71H104N6O28. The Morgan fingerprint density at radius 3 is 1.64 bits per heavy atom. The lowest BCUT2D eigenvalue weighted by molar-refractivity contribution is -0.212. The molecule has 15 N–H and O–H groups in total. The Bertz CT molecular complexity index is 3400. The number of amides is 5. The van der Waals surface area contributed by atoms with Gasteiger partial charge in [0, 0.05) is 83.4 Å². The summed E-state index contributed by atoms with van der Waals surface area (Å²) in [6.45, 7) is 15.7. The molecule has 2 aliphatic carbocycles. The van der Waals surface area contributed by atoms with Gasteiger partial charge in [0.15, 0.2) is 29.5 Å². The molecule has 3 aliphatic rings. The van der Waals surface area contributed by atoms with Crippen molar-refractivity contribution in [3.8, 4) is 5.75 Å². The number of hydrogen-bond acceptors (Lipinski definition) is 24. The van der Waals surface area contributed by atoms with E-state index >= 15 is 0 Å². The molecule has 5 amide bonds. The number of phenolic OH excluding ortho intramolecular Hbond substituents is 1. The topological polar surface area (TPSA) is 550 Å². The number of carbonyl (C=O) groups excluding carboxylic acids is 10. The maximum atomic E-state index is 13.9. The number of nitrogens with two attached hydrogens (primary N) is 1. The fourth-order valence-corrected chi connectivity index (χ4v) is 12.6. The van der Waals surface area contributed by atoms with Gasteiger partial charge in [0.2, 0.25) is 29.5 Å². The van der Waals surface area contributed by atoms with Gasteiger partial charge < -0.3 is 96.9 Å². The number of carboxylic acid groups (broad SMARTS) is 5. The van der Waals surface area contributed by atoms with E-state index in [0.717, 1.165) is 71.3 Å². The molecule has 1 heterocycles. The van der Waals surface area contributed by atoms with Crippen molar-refractivity contribution in [1.82, 2.24) is 26.6 Å². The van der Waals surface area contributed by atoms with E-state index in [0.29, 0.717) is 30.5 Å². The summed E-state index contributed by atoms with van der Waals surface area (Å²) in [6.07, 6.45) is -1.58. The van der Waals surface area contributed by atoms with Crippen molar-refractivity contribution in [3.63, 3.8) is 0 Å². The molecule has 586 valence electrons. The predicted molar refractivity (Wildman–Crippen MR) is 367 cm³/mol. The van der Waals surface area contributed by atoms with Crippen molar-refractivity contribution >= 4 is 89.2 Å². The fraction of sp³-hybridized carbons (Fsp3) is 0.648. The highest BCUT2D eigenvalue weighted by molar-refractivity contribution is 5.90. The highest BCUT2D eigenvalue weighted by atomic mass is 16.6. The molecule has 0 spiro atoms. The van der Waals surface area contributed by atoms with E-state index in [1.807, 2.05) is 6.07 Å². The van der Waals surface area contributed by atoms with E-state index in [4.69, 9.17) is 44.7 Å². The SMILES string of the molecule is C/C=C(/C)C(=O)O[C@H]1C(C)=C2[C@@H]3OC(=O)[C@@](C)(O)[C@@]3(O)[C@@H](OC(=O)CCc3cc(C)c(O)c(CCCCCNC(=O)CC(C)N)c3)C[C@](C)(OC(C)=O)[C@@H]2[C@@H]1OC(=O)CCCCCCC.CC(=O)NC(CCC(=O)NC(CCC(=O)NC(CCC(=O)NC(CCC(=O)O)C(=O)O)C(=O)O)C(=O)O)C(=O)O.